The number of alkyl halides is 3. The summed E-state index contributed by atoms with van der Waals surface area (Å²) in [6, 6.07) is 18.0. The molecule has 1 heterocycles. The number of halogens is 3. The third-order valence-electron chi connectivity index (χ3n) is 6.99. The van der Waals surface area contributed by atoms with Crippen molar-refractivity contribution in [2.24, 2.45) is 0 Å². The van der Waals surface area contributed by atoms with Crippen LogP contribution in [0.5, 0.6) is 0 Å². The Morgan fingerprint density at radius 1 is 0.955 bits per heavy atom. The van der Waals surface area contributed by atoms with E-state index in [0.29, 0.717) is 19.4 Å². The average Bonchev–Trinajstić information content (AvgIpc) is 2.94. The van der Waals surface area contributed by atoms with Gasteiger partial charge in [0.05, 0.1) is 6.61 Å². The van der Waals surface area contributed by atoms with E-state index in [2.05, 4.69) is 31.5 Å². The number of carbonyl (C=O) groups is 3. The molecule has 1 aliphatic heterocycles. The zero-order valence-electron chi connectivity index (χ0n) is 26.0. The number of hydrazine groups is 1. The maximum atomic E-state index is 14.0. The van der Waals surface area contributed by atoms with E-state index < -0.39 is 54.4 Å². The first-order valence-corrected chi connectivity index (χ1v) is 17.5. The van der Waals surface area contributed by atoms with Crippen molar-refractivity contribution in [3.05, 3.63) is 60.7 Å². The largest absolute Gasteiger partial charge is 0.460 e. The Labute approximate surface area is 275 Å². The Hall–Kier alpha value is -2.34. The molecular formula is C31H42Cl3N3O6Si. The summed E-state index contributed by atoms with van der Waals surface area (Å²) >= 11 is 17.2. The highest BCUT2D eigenvalue weighted by Gasteiger charge is 2.51. The molecule has 0 saturated carbocycles. The number of esters is 1. The molecular weight excluding hydrogens is 645 g/mol. The van der Waals surface area contributed by atoms with Gasteiger partial charge in [-0.1, -0.05) is 116 Å². The number of nitrogens with zero attached hydrogens (tertiary/aromatic N) is 1. The Bertz CT molecular complexity index is 1230. The van der Waals surface area contributed by atoms with Crippen molar-refractivity contribution >= 4 is 71.5 Å². The molecule has 44 heavy (non-hydrogen) atoms. The Morgan fingerprint density at radius 2 is 1.50 bits per heavy atom. The first kappa shape index (κ1) is 36.1. The van der Waals surface area contributed by atoms with Crippen molar-refractivity contribution in [3.63, 3.8) is 0 Å². The lowest BCUT2D eigenvalue weighted by Crippen LogP contribution is -2.68. The van der Waals surface area contributed by atoms with Crippen LogP contribution in [0.1, 0.15) is 54.4 Å². The maximum absolute atomic E-state index is 14.0. The van der Waals surface area contributed by atoms with Gasteiger partial charge in [-0.3, -0.25) is 14.6 Å². The van der Waals surface area contributed by atoms with Crippen LogP contribution in [0.25, 0.3) is 0 Å². The predicted molar refractivity (Wildman–Crippen MR) is 176 cm³/mol. The van der Waals surface area contributed by atoms with Gasteiger partial charge in [0, 0.05) is 6.54 Å². The zero-order chi connectivity index (χ0) is 32.8. The molecule has 2 aromatic rings. The van der Waals surface area contributed by atoms with E-state index in [-0.39, 0.29) is 11.6 Å². The molecule has 0 bridgehead atoms. The minimum absolute atomic E-state index is 0.147. The van der Waals surface area contributed by atoms with E-state index >= 15 is 0 Å². The predicted octanol–water partition coefficient (Wildman–Crippen LogP) is 4.87. The number of rotatable bonds is 9. The second-order valence-corrected chi connectivity index (χ2v) is 19.5. The molecule has 2 atom stereocenters. The number of carbonyl (C=O) groups excluding carboxylic acids is 3. The monoisotopic (exact) mass is 685 g/mol. The molecule has 1 fully saturated rings. The van der Waals surface area contributed by atoms with E-state index in [4.69, 9.17) is 48.7 Å². The Morgan fingerprint density at radius 3 is 1.98 bits per heavy atom. The number of benzene rings is 2. The van der Waals surface area contributed by atoms with E-state index in [9.17, 15) is 14.4 Å². The molecule has 242 valence electrons. The van der Waals surface area contributed by atoms with E-state index in [1.807, 2.05) is 60.7 Å². The third-order valence-corrected chi connectivity index (χ3v) is 12.3. The number of hydrogen-bond acceptors (Lipinski definition) is 7. The fourth-order valence-corrected chi connectivity index (χ4v) is 9.89. The number of alkyl carbamates (subject to hydrolysis) is 1. The summed E-state index contributed by atoms with van der Waals surface area (Å²) in [6.07, 6.45) is 0.143. The van der Waals surface area contributed by atoms with Crippen molar-refractivity contribution < 1.29 is 28.3 Å². The fraction of sp³-hybridized carbons (Fsp3) is 0.516. The molecule has 9 nitrogen and oxygen atoms in total. The number of ether oxygens (including phenoxy) is 2. The van der Waals surface area contributed by atoms with E-state index in [1.54, 1.807) is 20.8 Å². The number of amides is 2. The summed E-state index contributed by atoms with van der Waals surface area (Å²) in [7, 11) is -3.06. The topological polar surface area (TPSA) is 106 Å². The third kappa shape index (κ3) is 9.83. The highest BCUT2D eigenvalue weighted by Crippen LogP contribution is 2.37. The lowest BCUT2D eigenvalue weighted by atomic mass is 10.1. The maximum Gasteiger partial charge on any atom is 0.408 e. The summed E-state index contributed by atoms with van der Waals surface area (Å²) < 4.78 is 15.9. The molecule has 2 aromatic carbocycles. The van der Waals surface area contributed by atoms with Crippen LogP contribution in [0.15, 0.2) is 60.7 Å². The molecule has 3 rings (SSSR count). The first-order chi connectivity index (χ1) is 20.4. The second-order valence-electron chi connectivity index (χ2n) is 12.7. The summed E-state index contributed by atoms with van der Waals surface area (Å²) in [6.45, 7) is 11.3. The van der Waals surface area contributed by atoms with Gasteiger partial charge < -0.3 is 19.2 Å². The molecule has 1 aliphatic rings. The van der Waals surface area contributed by atoms with Gasteiger partial charge in [-0.05, 0) is 49.0 Å². The summed E-state index contributed by atoms with van der Waals surface area (Å²) in [5.74, 6) is -1.15. The Kier molecular flexibility index (Phi) is 12.2. The summed E-state index contributed by atoms with van der Waals surface area (Å²) in [5.41, 5.74) is 2.13. The smallest absolute Gasteiger partial charge is 0.408 e. The van der Waals surface area contributed by atoms with Crippen LogP contribution in [0.2, 0.25) is 5.04 Å². The van der Waals surface area contributed by atoms with Gasteiger partial charge in [0.1, 0.15) is 24.3 Å². The van der Waals surface area contributed by atoms with Gasteiger partial charge in [-0.15, -0.1) is 0 Å². The van der Waals surface area contributed by atoms with Gasteiger partial charge in [0.2, 0.25) is 3.79 Å². The molecule has 2 N–H and O–H groups in total. The highest BCUT2D eigenvalue weighted by molar-refractivity contribution is 6.99. The molecule has 1 saturated heterocycles. The van der Waals surface area contributed by atoms with Crippen LogP contribution >= 0.6 is 34.8 Å². The van der Waals surface area contributed by atoms with E-state index in [1.165, 1.54) is 5.01 Å². The first-order valence-electron chi connectivity index (χ1n) is 14.5. The molecule has 2 unspecified atom stereocenters. The van der Waals surface area contributed by atoms with E-state index in [0.717, 1.165) is 10.4 Å². The Balaban J connectivity index is 1.94. The van der Waals surface area contributed by atoms with Crippen molar-refractivity contribution in [1.82, 2.24) is 15.8 Å². The minimum Gasteiger partial charge on any atom is -0.460 e. The van der Waals surface area contributed by atoms with Crippen molar-refractivity contribution in [3.8, 4) is 0 Å². The van der Waals surface area contributed by atoms with Gasteiger partial charge in [-0.2, -0.15) is 0 Å². The average molecular weight is 687 g/mol. The number of hydrogen-bond donors (Lipinski definition) is 2. The van der Waals surface area contributed by atoms with Crippen LogP contribution in [0, 0.1) is 0 Å². The van der Waals surface area contributed by atoms with Gasteiger partial charge in [0.15, 0.2) is 0 Å². The van der Waals surface area contributed by atoms with Crippen molar-refractivity contribution in [1.29, 1.82) is 0 Å². The van der Waals surface area contributed by atoms with Crippen LogP contribution in [0.3, 0.4) is 0 Å². The molecule has 13 heteroatoms. The second kappa shape index (κ2) is 14.8. The van der Waals surface area contributed by atoms with Crippen LogP contribution in [0.4, 0.5) is 4.79 Å². The molecule has 0 radical (unpaired) electrons. The normalized spacial score (nSPS) is 17.0. The quantitative estimate of drug-likeness (QED) is 0.221. The summed E-state index contributed by atoms with van der Waals surface area (Å²) in [5, 5.41) is 5.71. The lowest BCUT2D eigenvalue weighted by Gasteiger charge is -2.44. The molecule has 0 aliphatic carbocycles. The fourth-order valence-electron chi connectivity index (χ4n) is 5.15. The van der Waals surface area contributed by atoms with Crippen LogP contribution in [-0.2, 0) is 23.5 Å². The zero-order valence-corrected chi connectivity index (χ0v) is 29.3. The van der Waals surface area contributed by atoms with Crippen LogP contribution in [-0.4, -0.2) is 72.5 Å². The lowest BCUT2D eigenvalue weighted by molar-refractivity contribution is -0.152. The molecule has 2 amide bonds. The SMILES string of the molecule is CC(C)(C)OC(=O)NC(CO[Si](c1ccccc1)(c1ccccc1)C(C)(C)C)C(=O)N1CCCC(C(=O)OCC(Cl)(Cl)Cl)N1. The van der Waals surface area contributed by atoms with Crippen molar-refractivity contribution in [2.45, 2.75) is 80.9 Å². The standard InChI is InChI=1S/C31H42Cl3N3O6Si/c1-29(2,3)43-28(40)35-25(26(38)37-19-13-18-24(36-37)27(39)41-21-31(32,33)34)20-42-44(30(4,5)6,22-14-9-7-10-15-22)23-16-11-8-12-17-23/h7-12,14-17,24-25,36H,13,18-21H2,1-6H3,(H,35,40). The minimum atomic E-state index is -3.06. The van der Waals surface area contributed by atoms with Gasteiger partial charge >= 0.3 is 12.1 Å². The van der Waals surface area contributed by atoms with Crippen molar-refractivity contribution in [2.75, 3.05) is 19.8 Å². The van der Waals surface area contributed by atoms with Gasteiger partial charge in [-0.25, -0.2) is 10.2 Å². The highest BCUT2D eigenvalue weighted by atomic mass is 35.6. The number of nitrogens with one attached hydrogen (secondary N) is 2. The summed E-state index contributed by atoms with van der Waals surface area (Å²) in [4.78, 5) is 39.7. The van der Waals surface area contributed by atoms with Crippen LogP contribution < -0.4 is 21.1 Å². The van der Waals surface area contributed by atoms with Gasteiger partial charge in [0.25, 0.3) is 14.2 Å². The molecule has 0 aromatic heterocycles. The molecule has 0 spiro atoms.